The fraction of sp³-hybridized carbons (Fsp3) is 0.263. The smallest absolute Gasteiger partial charge is 0.265 e. The molecule has 1 aromatic carbocycles. The number of aryl methyl sites for hydroxylation is 1. The van der Waals surface area contributed by atoms with Crippen molar-refractivity contribution in [3.63, 3.8) is 0 Å². The van der Waals surface area contributed by atoms with Crippen molar-refractivity contribution >= 4 is 28.6 Å². The summed E-state index contributed by atoms with van der Waals surface area (Å²) in [6.07, 6.45) is 0.822. The molecule has 0 fully saturated rings. The first-order valence-corrected chi connectivity index (χ1v) is 9.93. The van der Waals surface area contributed by atoms with Crippen molar-refractivity contribution in [2.45, 2.75) is 13.3 Å². The molecular formula is C19H21N3OS2. The van der Waals surface area contributed by atoms with Crippen molar-refractivity contribution < 1.29 is 4.79 Å². The first kappa shape index (κ1) is 17.8. The number of benzene rings is 1. The van der Waals surface area contributed by atoms with E-state index in [4.69, 9.17) is 5.73 Å². The molecule has 0 saturated carbocycles. The highest BCUT2D eigenvalue weighted by Crippen LogP contribution is 2.31. The second-order valence-corrected chi connectivity index (χ2v) is 7.67. The fourth-order valence-electron chi connectivity index (χ4n) is 2.62. The Balaban J connectivity index is 1.76. The molecule has 0 radical (unpaired) electrons. The topological polar surface area (TPSA) is 59.2 Å². The van der Waals surface area contributed by atoms with Crippen molar-refractivity contribution in [2.24, 2.45) is 5.73 Å². The first-order valence-electron chi connectivity index (χ1n) is 8.23. The van der Waals surface area contributed by atoms with E-state index < -0.39 is 0 Å². The maximum atomic E-state index is 13.0. The molecule has 0 aliphatic carbocycles. The number of rotatable bonds is 7. The molecule has 6 heteroatoms. The standard InChI is InChI=1S/C19H21N3OS2/c1-14-17(25-18(21-14)16-8-5-13-24-16)19(23)22(12-10-20)11-9-15-6-3-2-4-7-15/h2-8,13H,9-12,20H2,1H3. The maximum absolute atomic E-state index is 13.0. The summed E-state index contributed by atoms with van der Waals surface area (Å²) in [5, 5.41) is 2.93. The van der Waals surface area contributed by atoms with Crippen LogP contribution in [0, 0.1) is 6.92 Å². The van der Waals surface area contributed by atoms with Gasteiger partial charge in [0, 0.05) is 19.6 Å². The van der Waals surface area contributed by atoms with Crippen LogP contribution in [0.25, 0.3) is 9.88 Å². The van der Waals surface area contributed by atoms with E-state index in [0.717, 1.165) is 22.0 Å². The molecule has 0 aliphatic rings. The van der Waals surface area contributed by atoms with Gasteiger partial charge in [0.25, 0.3) is 5.91 Å². The van der Waals surface area contributed by atoms with Crippen molar-refractivity contribution in [3.8, 4) is 9.88 Å². The van der Waals surface area contributed by atoms with E-state index in [1.807, 2.05) is 47.5 Å². The number of carbonyl (C=O) groups excluding carboxylic acids is 1. The minimum Gasteiger partial charge on any atom is -0.336 e. The van der Waals surface area contributed by atoms with Crippen LogP contribution in [0.4, 0.5) is 0 Å². The lowest BCUT2D eigenvalue weighted by Gasteiger charge is -2.21. The number of hydrogen-bond donors (Lipinski definition) is 1. The van der Waals surface area contributed by atoms with Crippen LogP contribution in [0.2, 0.25) is 0 Å². The van der Waals surface area contributed by atoms with Gasteiger partial charge in [-0.25, -0.2) is 4.98 Å². The second kappa shape index (κ2) is 8.38. The minimum absolute atomic E-state index is 0.0270. The van der Waals surface area contributed by atoms with Crippen molar-refractivity contribution in [1.29, 1.82) is 0 Å². The normalized spacial score (nSPS) is 10.8. The molecule has 130 valence electrons. The third-order valence-electron chi connectivity index (χ3n) is 3.92. The van der Waals surface area contributed by atoms with Gasteiger partial charge < -0.3 is 10.6 Å². The van der Waals surface area contributed by atoms with Crippen LogP contribution in [0.3, 0.4) is 0 Å². The molecule has 0 saturated heterocycles. The maximum Gasteiger partial charge on any atom is 0.265 e. The number of nitrogens with two attached hydrogens (primary N) is 1. The Labute approximate surface area is 155 Å². The summed E-state index contributed by atoms with van der Waals surface area (Å²) in [4.78, 5) is 21.2. The van der Waals surface area contributed by atoms with Crippen LogP contribution in [-0.2, 0) is 6.42 Å². The van der Waals surface area contributed by atoms with E-state index in [9.17, 15) is 4.79 Å². The third kappa shape index (κ3) is 4.34. The average Bonchev–Trinajstić information content (AvgIpc) is 3.28. The zero-order chi connectivity index (χ0) is 17.6. The van der Waals surface area contributed by atoms with Crippen LogP contribution in [0.1, 0.15) is 20.9 Å². The number of aromatic nitrogens is 1. The highest BCUT2D eigenvalue weighted by molar-refractivity contribution is 7.22. The van der Waals surface area contributed by atoms with E-state index in [-0.39, 0.29) is 5.91 Å². The van der Waals surface area contributed by atoms with E-state index in [0.29, 0.717) is 24.5 Å². The SMILES string of the molecule is Cc1nc(-c2cccs2)sc1C(=O)N(CCN)CCc1ccccc1. The molecule has 1 amide bonds. The monoisotopic (exact) mass is 371 g/mol. The van der Waals surface area contributed by atoms with Gasteiger partial charge in [-0.2, -0.15) is 0 Å². The predicted octanol–water partition coefficient (Wildman–Crippen LogP) is 3.82. The van der Waals surface area contributed by atoms with Crippen LogP contribution < -0.4 is 5.73 Å². The number of thiazole rings is 1. The van der Waals surface area contributed by atoms with Gasteiger partial charge in [0.2, 0.25) is 0 Å². The van der Waals surface area contributed by atoms with Gasteiger partial charge in [-0.15, -0.1) is 22.7 Å². The summed E-state index contributed by atoms with van der Waals surface area (Å²) >= 11 is 3.11. The Morgan fingerprint density at radius 1 is 1.16 bits per heavy atom. The second-order valence-electron chi connectivity index (χ2n) is 5.73. The minimum atomic E-state index is 0.0270. The van der Waals surface area contributed by atoms with Gasteiger partial charge in [0.05, 0.1) is 10.6 Å². The van der Waals surface area contributed by atoms with Gasteiger partial charge >= 0.3 is 0 Å². The summed E-state index contributed by atoms with van der Waals surface area (Å²) in [6, 6.07) is 14.2. The molecular weight excluding hydrogens is 350 g/mol. The van der Waals surface area contributed by atoms with E-state index in [2.05, 4.69) is 17.1 Å². The number of thiophene rings is 1. The van der Waals surface area contributed by atoms with E-state index in [1.165, 1.54) is 16.9 Å². The summed E-state index contributed by atoms with van der Waals surface area (Å²) in [5.74, 6) is 0.0270. The van der Waals surface area contributed by atoms with Crippen molar-refractivity contribution in [2.75, 3.05) is 19.6 Å². The molecule has 0 spiro atoms. The Bertz CT molecular complexity index is 813. The van der Waals surface area contributed by atoms with Gasteiger partial charge in [-0.3, -0.25) is 4.79 Å². The molecule has 0 aliphatic heterocycles. The molecule has 25 heavy (non-hydrogen) atoms. The Morgan fingerprint density at radius 3 is 2.64 bits per heavy atom. The summed E-state index contributed by atoms with van der Waals surface area (Å²) in [6.45, 7) is 3.57. The molecule has 2 heterocycles. The summed E-state index contributed by atoms with van der Waals surface area (Å²) < 4.78 is 0. The van der Waals surface area contributed by atoms with E-state index in [1.54, 1.807) is 11.3 Å². The molecule has 0 atom stereocenters. The fourth-order valence-corrected chi connectivity index (χ4v) is 4.45. The summed E-state index contributed by atoms with van der Waals surface area (Å²) in [7, 11) is 0. The van der Waals surface area contributed by atoms with Crippen LogP contribution in [0.15, 0.2) is 47.8 Å². The lowest BCUT2D eigenvalue weighted by atomic mass is 10.1. The Kier molecular flexibility index (Phi) is 5.96. The zero-order valence-corrected chi connectivity index (χ0v) is 15.8. The molecule has 4 nitrogen and oxygen atoms in total. The largest absolute Gasteiger partial charge is 0.336 e. The lowest BCUT2D eigenvalue weighted by Crippen LogP contribution is -2.36. The van der Waals surface area contributed by atoms with E-state index >= 15 is 0 Å². The van der Waals surface area contributed by atoms with Gasteiger partial charge in [0.15, 0.2) is 0 Å². The number of nitrogens with zero attached hydrogens (tertiary/aromatic N) is 2. The average molecular weight is 372 g/mol. The molecule has 3 rings (SSSR count). The number of amides is 1. The van der Waals surface area contributed by atoms with Crippen molar-refractivity contribution in [3.05, 3.63) is 64.0 Å². The molecule has 3 aromatic rings. The molecule has 0 bridgehead atoms. The number of carbonyl (C=O) groups is 1. The Hall–Kier alpha value is -2.02. The van der Waals surface area contributed by atoms with Crippen LogP contribution in [-0.4, -0.2) is 35.4 Å². The van der Waals surface area contributed by atoms with Gasteiger partial charge in [0.1, 0.15) is 9.88 Å². The Morgan fingerprint density at radius 2 is 1.96 bits per heavy atom. The molecule has 2 aromatic heterocycles. The molecule has 0 unspecified atom stereocenters. The van der Waals surface area contributed by atoms with Crippen LogP contribution in [0.5, 0.6) is 0 Å². The predicted molar refractivity (Wildman–Crippen MR) is 105 cm³/mol. The van der Waals surface area contributed by atoms with Gasteiger partial charge in [-0.1, -0.05) is 36.4 Å². The summed E-state index contributed by atoms with van der Waals surface area (Å²) in [5.41, 5.74) is 7.74. The first-order chi connectivity index (χ1) is 12.2. The molecule has 2 N–H and O–H groups in total. The van der Waals surface area contributed by atoms with Crippen molar-refractivity contribution in [1.82, 2.24) is 9.88 Å². The quantitative estimate of drug-likeness (QED) is 0.687. The lowest BCUT2D eigenvalue weighted by molar-refractivity contribution is 0.0766. The number of hydrogen-bond acceptors (Lipinski definition) is 5. The van der Waals surface area contributed by atoms with Crippen LogP contribution >= 0.6 is 22.7 Å². The third-order valence-corrected chi connectivity index (χ3v) is 6.11. The highest BCUT2D eigenvalue weighted by Gasteiger charge is 2.21. The zero-order valence-electron chi connectivity index (χ0n) is 14.1. The van der Waals surface area contributed by atoms with Gasteiger partial charge in [-0.05, 0) is 30.4 Å². The highest BCUT2D eigenvalue weighted by atomic mass is 32.1.